The molecule has 88 valence electrons. The molecule has 1 aliphatic heterocycles. The van der Waals surface area contributed by atoms with E-state index in [1.54, 1.807) is 0 Å². The molecule has 0 saturated carbocycles. The lowest BCUT2D eigenvalue weighted by atomic mass is 10.2. The molecule has 5 heteroatoms. The number of hydrogen-bond acceptors (Lipinski definition) is 5. The number of aromatic nitrogens is 2. The summed E-state index contributed by atoms with van der Waals surface area (Å²) in [5.41, 5.74) is 6.63. The van der Waals surface area contributed by atoms with Crippen molar-refractivity contribution in [1.82, 2.24) is 9.97 Å². The van der Waals surface area contributed by atoms with Gasteiger partial charge in [-0.05, 0) is 18.2 Å². The van der Waals surface area contributed by atoms with E-state index in [9.17, 15) is 0 Å². The second-order valence-corrected chi connectivity index (χ2v) is 4.04. The summed E-state index contributed by atoms with van der Waals surface area (Å²) >= 11 is 0. The highest BCUT2D eigenvalue weighted by Gasteiger charge is 2.17. The average molecular weight is 231 g/mol. The summed E-state index contributed by atoms with van der Waals surface area (Å²) in [5.74, 6) is 1.26. The SMILES string of the molecule is Nc1ncnc2ccc(O[C@H]3CCOC3)cc12. The first kappa shape index (κ1) is 10.3. The Morgan fingerprint density at radius 2 is 2.29 bits per heavy atom. The smallest absolute Gasteiger partial charge is 0.134 e. The first-order valence-electron chi connectivity index (χ1n) is 5.57. The maximum atomic E-state index is 5.80. The van der Waals surface area contributed by atoms with E-state index < -0.39 is 0 Å². The topological polar surface area (TPSA) is 70.3 Å². The quantitative estimate of drug-likeness (QED) is 0.845. The van der Waals surface area contributed by atoms with Crippen LogP contribution in [-0.2, 0) is 4.74 Å². The van der Waals surface area contributed by atoms with Crippen molar-refractivity contribution in [3.63, 3.8) is 0 Å². The van der Waals surface area contributed by atoms with Crippen molar-refractivity contribution < 1.29 is 9.47 Å². The fourth-order valence-corrected chi connectivity index (χ4v) is 1.93. The maximum absolute atomic E-state index is 5.80. The van der Waals surface area contributed by atoms with E-state index in [0.29, 0.717) is 12.4 Å². The molecule has 1 aromatic heterocycles. The molecular weight excluding hydrogens is 218 g/mol. The lowest BCUT2D eigenvalue weighted by molar-refractivity contribution is 0.141. The highest BCUT2D eigenvalue weighted by atomic mass is 16.5. The summed E-state index contributed by atoms with van der Waals surface area (Å²) in [6.07, 6.45) is 2.53. The summed E-state index contributed by atoms with van der Waals surface area (Å²) in [4.78, 5) is 8.11. The van der Waals surface area contributed by atoms with Crippen LogP contribution in [0.25, 0.3) is 10.9 Å². The van der Waals surface area contributed by atoms with Crippen LogP contribution in [0.4, 0.5) is 5.82 Å². The van der Waals surface area contributed by atoms with Crippen molar-refractivity contribution in [2.45, 2.75) is 12.5 Å². The maximum Gasteiger partial charge on any atom is 0.134 e. The van der Waals surface area contributed by atoms with Crippen molar-refractivity contribution in [2.75, 3.05) is 18.9 Å². The summed E-state index contributed by atoms with van der Waals surface area (Å²) < 4.78 is 11.1. The molecule has 0 spiro atoms. The molecule has 1 fully saturated rings. The molecule has 17 heavy (non-hydrogen) atoms. The van der Waals surface area contributed by atoms with Gasteiger partial charge in [-0.2, -0.15) is 0 Å². The third-order valence-electron chi connectivity index (χ3n) is 2.83. The fraction of sp³-hybridized carbons (Fsp3) is 0.333. The van der Waals surface area contributed by atoms with E-state index in [0.717, 1.165) is 29.7 Å². The van der Waals surface area contributed by atoms with Crippen molar-refractivity contribution in [2.24, 2.45) is 0 Å². The first-order valence-corrected chi connectivity index (χ1v) is 5.57. The average Bonchev–Trinajstić information content (AvgIpc) is 2.83. The summed E-state index contributed by atoms with van der Waals surface area (Å²) in [6, 6.07) is 5.66. The Morgan fingerprint density at radius 3 is 3.12 bits per heavy atom. The van der Waals surface area contributed by atoms with Gasteiger partial charge >= 0.3 is 0 Å². The molecule has 2 N–H and O–H groups in total. The Kier molecular flexibility index (Phi) is 2.53. The van der Waals surface area contributed by atoms with Crippen LogP contribution in [0.5, 0.6) is 5.75 Å². The molecule has 0 unspecified atom stereocenters. The van der Waals surface area contributed by atoms with Gasteiger partial charge in [-0.25, -0.2) is 9.97 Å². The first-order chi connectivity index (χ1) is 8.33. The molecule has 0 bridgehead atoms. The van der Waals surface area contributed by atoms with Gasteiger partial charge in [0.1, 0.15) is 24.0 Å². The van der Waals surface area contributed by atoms with Gasteiger partial charge in [0, 0.05) is 11.8 Å². The third-order valence-corrected chi connectivity index (χ3v) is 2.83. The number of nitrogens with two attached hydrogens (primary N) is 1. The summed E-state index contributed by atoms with van der Waals surface area (Å²) in [6.45, 7) is 1.42. The molecule has 5 nitrogen and oxygen atoms in total. The van der Waals surface area contributed by atoms with Crippen LogP contribution in [-0.4, -0.2) is 29.3 Å². The number of ether oxygens (including phenoxy) is 2. The number of rotatable bonds is 2. The van der Waals surface area contributed by atoms with Crippen LogP contribution >= 0.6 is 0 Å². The molecule has 1 aromatic carbocycles. The predicted octanol–water partition coefficient (Wildman–Crippen LogP) is 1.38. The van der Waals surface area contributed by atoms with Crippen molar-refractivity contribution >= 4 is 16.7 Å². The van der Waals surface area contributed by atoms with Gasteiger partial charge in [-0.1, -0.05) is 0 Å². The number of nitrogen functional groups attached to an aromatic ring is 1. The van der Waals surface area contributed by atoms with Crippen LogP contribution < -0.4 is 10.5 Å². The molecule has 3 rings (SSSR count). The largest absolute Gasteiger partial charge is 0.488 e. The van der Waals surface area contributed by atoms with Gasteiger partial charge in [-0.3, -0.25) is 0 Å². The summed E-state index contributed by atoms with van der Waals surface area (Å²) in [5, 5.41) is 0.823. The van der Waals surface area contributed by atoms with Crippen LogP contribution in [0, 0.1) is 0 Å². The van der Waals surface area contributed by atoms with E-state index in [1.165, 1.54) is 6.33 Å². The Morgan fingerprint density at radius 1 is 1.35 bits per heavy atom. The highest BCUT2D eigenvalue weighted by Crippen LogP contribution is 2.24. The molecule has 0 aliphatic carbocycles. The van der Waals surface area contributed by atoms with Gasteiger partial charge in [0.15, 0.2) is 0 Å². The van der Waals surface area contributed by atoms with Crippen LogP contribution in [0.3, 0.4) is 0 Å². The van der Waals surface area contributed by atoms with E-state index in [4.69, 9.17) is 15.2 Å². The van der Waals surface area contributed by atoms with Crippen LogP contribution in [0.15, 0.2) is 24.5 Å². The minimum atomic E-state index is 0.137. The van der Waals surface area contributed by atoms with Gasteiger partial charge in [-0.15, -0.1) is 0 Å². The van der Waals surface area contributed by atoms with E-state index in [2.05, 4.69) is 9.97 Å². The molecule has 1 saturated heterocycles. The van der Waals surface area contributed by atoms with E-state index >= 15 is 0 Å². The molecule has 1 aliphatic rings. The molecule has 0 radical (unpaired) electrons. The minimum absolute atomic E-state index is 0.137. The fourth-order valence-electron chi connectivity index (χ4n) is 1.93. The van der Waals surface area contributed by atoms with Crippen molar-refractivity contribution in [3.05, 3.63) is 24.5 Å². The van der Waals surface area contributed by atoms with Gasteiger partial charge < -0.3 is 15.2 Å². The number of nitrogens with zero attached hydrogens (tertiary/aromatic N) is 2. The lowest BCUT2D eigenvalue weighted by Gasteiger charge is -2.12. The van der Waals surface area contributed by atoms with E-state index in [-0.39, 0.29) is 6.10 Å². The lowest BCUT2D eigenvalue weighted by Crippen LogP contribution is -2.15. The zero-order chi connectivity index (χ0) is 11.7. The number of fused-ring (bicyclic) bond motifs is 1. The second kappa shape index (κ2) is 4.18. The van der Waals surface area contributed by atoms with Crippen LogP contribution in [0.1, 0.15) is 6.42 Å². The standard InChI is InChI=1S/C12H13N3O2/c13-12-10-5-8(17-9-3-4-16-6-9)1-2-11(10)14-7-15-12/h1-2,5,7,9H,3-4,6H2,(H2,13,14,15)/t9-/m0/s1. The molecule has 2 aromatic rings. The van der Waals surface area contributed by atoms with Crippen molar-refractivity contribution in [3.8, 4) is 5.75 Å². The number of benzene rings is 1. The zero-order valence-electron chi connectivity index (χ0n) is 9.30. The monoisotopic (exact) mass is 231 g/mol. The normalized spacial score (nSPS) is 19.6. The Bertz CT molecular complexity index is 538. The summed E-state index contributed by atoms with van der Waals surface area (Å²) in [7, 11) is 0. The van der Waals surface area contributed by atoms with Gasteiger partial charge in [0.25, 0.3) is 0 Å². The molecular formula is C12H13N3O2. The molecule has 1 atom stereocenters. The van der Waals surface area contributed by atoms with Crippen LogP contribution in [0.2, 0.25) is 0 Å². The molecule has 0 amide bonds. The number of hydrogen-bond donors (Lipinski definition) is 1. The second-order valence-electron chi connectivity index (χ2n) is 4.04. The number of anilines is 1. The zero-order valence-corrected chi connectivity index (χ0v) is 9.30. The molecule has 2 heterocycles. The minimum Gasteiger partial charge on any atom is -0.488 e. The third kappa shape index (κ3) is 2.01. The predicted molar refractivity (Wildman–Crippen MR) is 63.8 cm³/mol. The Labute approximate surface area is 98.6 Å². The highest BCUT2D eigenvalue weighted by molar-refractivity contribution is 5.88. The Balaban J connectivity index is 1.92. The Hall–Kier alpha value is -1.88. The van der Waals surface area contributed by atoms with Gasteiger partial charge in [0.2, 0.25) is 0 Å². The van der Waals surface area contributed by atoms with Gasteiger partial charge in [0.05, 0.1) is 18.7 Å². The van der Waals surface area contributed by atoms with E-state index in [1.807, 2.05) is 18.2 Å². The van der Waals surface area contributed by atoms with Crippen molar-refractivity contribution in [1.29, 1.82) is 0 Å².